The smallest absolute Gasteiger partial charge is 0.251 e. The van der Waals surface area contributed by atoms with Crippen LogP contribution in [0.5, 0.6) is 0 Å². The zero-order valence-electron chi connectivity index (χ0n) is 12.6. The fourth-order valence-electron chi connectivity index (χ4n) is 2.07. The van der Waals surface area contributed by atoms with E-state index in [4.69, 9.17) is 0 Å². The van der Waals surface area contributed by atoms with Gasteiger partial charge < -0.3 is 9.88 Å². The second kappa shape index (κ2) is 5.53. The molecule has 0 spiro atoms. The molecule has 0 saturated heterocycles. The molecule has 0 radical (unpaired) electrons. The Morgan fingerprint density at radius 1 is 1.15 bits per heavy atom. The van der Waals surface area contributed by atoms with Crippen LogP contribution >= 0.6 is 0 Å². The van der Waals surface area contributed by atoms with Crippen molar-refractivity contribution >= 4 is 5.91 Å². The predicted octanol–water partition coefficient (Wildman–Crippen LogP) is 3.25. The summed E-state index contributed by atoms with van der Waals surface area (Å²) in [4.78, 5) is 12.1. The van der Waals surface area contributed by atoms with Gasteiger partial charge in [-0.15, -0.1) is 0 Å². The number of benzene rings is 1. The second-order valence-electron chi connectivity index (χ2n) is 6.12. The van der Waals surface area contributed by atoms with E-state index < -0.39 is 0 Å². The molecule has 0 fully saturated rings. The van der Waals surface area contributed by atoms with Crippen LogP contribution < -0.4 is 5.32 Å². The van der Waals surface area contributed by atoms with Crippen molar-refractivity contribution in [3.63, 3.8) is 0 Å². The van der Waals surface area contributed by atoms with Gasteiger partial charge in [0.05, 0.1) is 6.54 Å². The van der Waals surface area contributed by atoms with Gasteiger partial charge in [-0.05, 0) is 35.2 Å². The lowest BCUT2D eigenvalue weighted by Crippen LogP contribution is -2.24. The maximum atomic E-state index is 12.1. The van der Waals surface area contributed by atoms with Gasteiger partial charge in [-0.25, -0.2) is 0 Å². The van der Waals surface area contributed by atoms with Crippen LogP contribution in [-0.2, 0) is 19.0 Å². The van der Waals surface area contributed by atoms with E-state index in [2.05, 4.69) is 26.1 Å². The summed E-state index contributed by atoms with van der Waals surface area (Å²) in [7, 11) is 1.97. The van der Waals surface area contributed by atoms with Crippen LogP contribution in [0.4, 0.5) is 0 Å². The molecule has 0 aliphatic carbocycles. The maximum absolute atomic E-state index is 12.1. The Bertz CT molecular complexity index is 588. The number of carbonyl (C=O) groups is 1. The van der Waals surface area contributed by atoms with E-state index in [9.17, 15) is 4.79 Å². The number of carbonyl (C=O) groups excluding carboxylic acids is 1. The van der Waals surface area contributed by atoms with Crippen molar-refractivity contribution in [3.05, 3.63) is 59.4 Å². The first-order chi connectivity index (χ1) is 9.38. The first-order valence-electron chi connectivity index (χ1n) is 6.87. The summed E-state index contributed by atoms with van der Waals surface area (Å²) in [5, 5.41) is 2.94. The first kappa shape index (κ1) is 14.4. The quantitative estimate of drug-likeness (QED) is 0.912. The zero-order chi connectivity index (χ0) is 14.8. The highest BCUT2D eigenvalue weighted by Gasteiger charge is 2.14. The molecule has 1 amide bonds. The molecule has 3 heteroatoms. The normalized spacial score (nSPS) is 11.4. The Labute approximate surface area is 120 Å². The third-order valence-electron chi connectivity index (χ3n) is 3.49. The lowest BCUT2D eigenvalue weighted by atomic mass is 9.87. The minimum atomic E-state index is -0.0355. The van der Waals surface area contributed by atoms with Crippen molar-refractivity contribution in [3.8, 4) is 0 Å². The highest BCUT2D eigenvalue weighted by molar-refractivity contribution is 5.94. The van der Waals surface area contributed by atoms with Crippen molar-refractivity contribution < 1.29 is 4.79 Å². The van der Waals surface area contributed by atoms with Gasteiger partial charge >= 0.3 is 0 Å². The molecule has 2 aromatic rings. The summed E-state index contributed by atoms with van der Waals surface area (Å²) < 4.78 is 2.00. The number of hydrogen-bond acceptors (Lipinski definition) is 1. The van der Waals surface area contributed by atoms with E-state index in [1.807, 2.05) is 54.2 Å². The van der Waals surface area contributed by atoms with E-state index in [-0.39, 0.29) is 11.3 Å². The Morgan fingerprint density at radius 3 is 2.30 bits per heavy atom. The van der Waals surface area contributed by atoms with Gasteiger partial charge in [0, 0.05) is 24.5 Å². The minimum absolute atomic E-state index is 0.0355. The average Bonchev–Trinajstić information content (AvgIpc) is 2.81. The van der Waals surface area contributed by atoms with E-state index in [1.54, 1.807) is 0 Å². The van der Waals surface area contributed by atoms with Crippen molar-refractivity contribution in [1.82, 2.24) is 9.88 Å². The van der Waals surface area contributed by atoms with Gasteiger partial charge in [-0.3, -0.25) is 4.79 Å². The largest absolute Gasteiger partial charge is 0.353 e. The van der Waals surface area contributed by atoms with Crippen molar-refractivity contribution in [1.29, 1.82) is 0 Å². The first-order valence-corrected chi connectivity index (χ1v) is 6.87. The summed E-state index contributed by atoms with van der Waals surface area (Å²) in [6, 6.07) is 11.8. The van der Waals surface area contributed by atoms with Crippen molar-refractivity contribution in [2.45, 2.75) is 32.7 Å². The standard InChI is InChI=1S/C17H22N2O/c1-17(2,3)14-9-7-13(8-10-14)16(20)18-12-15-6-5-11-19(15)4/h5-11H,12H2,1-4H3,(H,18,20). The van der Waals surface area contributed by atoms with Crippen LogP contribution in [0.1, 0.15) is 42.4 Å². The number of nitrogens with one attached hydrogen (secondary N) is 1. The van der Waals surface area contributed by atoms with Crippen molar-refractivity contribution in [2.75, 3.05) is 0 Å². The number of aromatic nitrogens is 1. The number of aryl methyl sites for hydroxylation is 1. The Kier molecular flexibility index (Phi) is 3.98. The van der Waals surface area contributed by atoms with Crippen LogP contribution in [0.15, 0.2) is 42.6 Å². The minimum Gasteiger partial charge on any atom is -0.353 e. The van der Waals surface area contributed by atoms with Crippen LogP contribution in [0.3, 0.4) is 0 Å². The fourth-order valence-corrected chi connectivity index (χ4v) is 2.07. The predicted molar refractivity (Wildman–Crippen MR) is 81.7 cm³/mol. The topological polar surface area (TPSA) is 34.0 Å². The Hall–Kier alpha value is -2.03. The maximum Gasteiger partial charge on any atom is 0.251 e. The second-order valence-corrected chi connectivity index (χ2v) is 6.12. The van der Waals surface area contributed by atoms with Gasteiger partial charge in [0.15, 0.2) is 0 Å². The molecule has 2 rings (SSSR count). The summed E-state index contributed by atoms with van der Waals surface area (Å²) in [6.45, 7) is 7.04. The molecule has 3 nitrogen and oxygen atoms in total. The molecule has 1 aromatic carbocycles. The number of amides is 1. The van der Waals surface area contributed by atoms with E-state index in [0.29, 0.717) is 12.1 Å². The highest BCUT2D eigenvalue weighted by Crippen LogP contribution is 2.22. The molecule has 20 heavy (non-hydrogen) atoms. The lowest BCUT2D eigenvalue weighted by Gasteiger charge is -2.19. The molecule has 0 unspecified atom stereocenters. The van der Waals surface area contributed by atoms with Gasteiger partial charge in [-0.1, -0.05) is 32.9 Å². The molecule has 0 aliphatic heterocycles. The number of rotatable bonds is 3. The van der Waals surface area contributed by atoms with Crippen molar-refractivity contribution in [2.24, 2.45) is 7.05 Å². The summed E-state index contributed by atoms with van der Waals surface area (Å²) in [5.41, 5.74) is 3.13. The van der Waals surface area contributed by atoms with Crippen LogP contribution in [0, 0.1) is 0 Å². The molecule has 0 saturated carbocycles. The molecule has 0 aliphatic rings. The van der Waals surface area contributed by atoms with Crippen LogP contribution in [0.2, 0.25) is 0 Å². The summed E-state index contributed by atoms with van der Waals surface area (Å²) in [6.07, 6.45) is 1.97. The third kappa shape index (κ3) is 3.29. The molecule has 106 valence electrons. The molecular formula is C17H22N2O. The van der Waals surface area contributed by atoms with Crippen LogP contribution in [0.25, 0.3) is 0 Å². The monoisotopic (exact) mass is 270 g/mol. The van der Waals surface area contributed by atoms with E-state index in [1.165, 1.54) is 5.56 Å². The van der Waals surface area contributed by atoms with Crippen LogP contribution in [-0.4, -0.2) is 10.5 Å². The number of nitrogens with zero attached hydrogens (tertiary/aromatic N) is 1. The third-order valence-corrected chi connectivity index (χ3v) is 3.49. The van der Waals surface area contributed by atoms with Gasteiger partial charge in [0.1, 0.15) is 0 Å². The van der Waals surface area contributed by atoms with E-state index >= 15 is 0 Å². The Balaban J connectivity index is 2.01. The van der Waals surface area contributed by atoms with Gasteiger partial charge in [0.25, 0.3) is 5.91 Å². The summed E-state index contributed by atoms with van der Waals surface area (Å²) >= 11 is 0. The zero-order valence-corrected chi connectivity index (χ0v) is 12.6. The summed E-state index contributed by atoms with van der Waals surface area (Å²) in [5.74, 6) is -0.0355. The Morgan fingerprint density at radius 2 is 1.80 bits per heavy atom. The van der Waals surface area contributed by atoms with Gasteiger partial charge in [0.2, 0.25) is 0 Å². The molecule has 1 N–H and O–H groups in total. The molecular weight excluding hydrogens is 248 g/mol. The SMILES string of the molecule is Cn1cccc1CNC(=O)c1ccc(C(C)(C)C)cc1. The average molecular weight is 270 g/mol. The lowest BCUT2D eigenvalue weighted by molar-refractivity contribution is 0.0950. The molecule has 1 aromatic heterocycles. The molecule has 0 bridgehead atoms. The number of hydrogen-bond donors (Lipinski definition) is 1. The van der Waals surface area contributed by atoms with E-state index in [0.717, 1.165) is 5.69 Å². The molecule has 0 atom stereocenters. The van der Waals surface area contributed by atoms with Gasteiger partial charge in [-0.2, -0.15) is 0 Å². The fraction of sp³-hybridized carbons (Fsp3) is 0.353. The molecule has 1 heterocycles. The highest BCUT2D eigenvalue weighted by atomic mass is 16.1.